The third-order valence-corrected chi connectivity index (χ3v) is 6.54. The van der Waals surface area contributed by atoms with Crippen LogP contribution < -0.4 is 5.56 Å². The standard InChI is InChI=1S/C17H23N5O3S/c1-6-7-8-21-13(4)16-11(2)9-15(23)22(17(16)19-21)26(24,25)14-10-18-20(5)12(14)3/h9-10H,6-8H2,1-5H3. The molecule has 0 aromatic carbocycles. The van der Waals surface area contributed by atoms with Gasteiger partial charge >= 0.3 is 0 Å². The van der Waals surface area contributed by atoms with Crippen molar-refractivity contribution in [2.24, 2.45) is 7.05 Å². The zero-order valence-electron chi connectivity index (χ0n) is 15.6. The smallest absolute Gasteiger partial charge is 0.272 e. The molecule has 9 heteroatoms. The van der Waals surface area contributed by atoms with Crippen LogP contribution in [-0.4, -0.2) is 32.0 Å². The van der Waals surface area contributed by atoms with Gasteiger partial charge in [-0.25, -0.2) is 8.42 Å². The van der Waals surface area contributed by atoms with Crippen LogP contribution in [0.1, 0.15) is 36.7 Å². The summed E-state index contributed by atoms with van der Waals surface area (Å²) >= 11 is 0. The van der Waals surface area contributed by atoms with Gasteiger partial charge in [0.05, 0.1) is 11.9 Å². The molecule has 3 aromatic rings. The van der Waals surface area contributed by atoms with Gasteiger partial charge in [0.2, 0.25) is 0 Å². The van der Waals surface area contributed by atoms with E-state index in [4.69, 9.17) is 0 Å². The van der Waals surface area contributed by atoms with E-state index < -0.39 is 15.6 Å². The first-order valence-corrected chi connectivity index (χ1v) is 9.98. The van der Waals surface area contributed by atoms with Gasteiger partial charge in [-0.15, -0.1) is 0 Å². The highest BCUT2D eigenvalue weighted by atomic mass is 32.2. The number of pyridine rings is 1. The predicted molar refractivity (Wildman–Crippen MR) is 98.9 cm³/mol. The molecule has 0 amide bonds. The van der Waals surface area contributed by atoms with Crippen LogP contribution in [0.25, 0.3) is 11.0 Å². The van der Waals surface area contributed by atoms with Crippen LogP contribution in [0.2, 0.25) is 0 Å². The predicted octanol–water partition coefficient (Wildman–Crippen LogP) is 1.89. The molecule has 0 bridgehead atoms. The largest absolute Gasteiger partial charge is 0.275 e. The summed E-state index contributed by atoms with van der Waals surface area (Å²) in [5.74, 6) is 0. The molecule has 3 rings (SSSR count). The molecule has 3 aromatic heterocycles. The molecule has 0 N–H and O–H groups in total. The molecular weight excluding hydrogens is 354 g/mol. The summed E-state index contributed by atoms with van der Waals surface area (Å²) in [6.07, 6.45) is 3.19. The maximum Gasteiger partial charge on any atom is 0.275 e. The monoisotopic (exact) mass is 377 g/mol. The molecule has 0 fully saturated rings. The lowest BCUT2D eigenvalue weighted by atomic mass is 10.2. The van der Waals surface area contributed by atoms with Crippen molar-refractivity contribution < 1.29 is 8.42 Å². The van der Waals surface area contributed by atoms with E-state index in [-0.39, 0.29) is 10.5 Å². The Morgan fingerprint density at radius 2 is 1.85 bits per heavy atom. The number of unbranched alkanes of at least 4 members (excludes halogenated alkanes) is 1. The summed E-state index contributed by atoms with van der Waals surface area (Å²) in [4.78, 5) is 12.6. The molecule has 26 heavy (non-hydrogen) atoms. The quantitative estimate of drug-likeness (QED) is 0.677. The van der Waals surface area contributed by atoms with Crippen molar-refractivity contribution in [1.82, 2.24) is 23.5 Å². The fourth-order valence-corrected chi connectivity index (χ4v) is 4.67. The molecule has 0 aliphatic heterocycles. The number of fused-ring (bicyclic) bond motifs is 1. The fourth-order valence-electron chi connectivity index (χ4n) is 3.14. The molecule has 0 spiro atoms. The van der Waals surface area contributed by atoms with E-state index in [2.05, 4.69) is 17.1 Å². The highest BCUT2D eigenvalue weighted by Crippen LogP contribution is 2.24. The number of aryl methyl sites for hydroxylation is 4. The van der Waals surface area contributed by atoms with Gasteiger partial charge in [0.25, 0.3) is 15.6 Å². The first-order valence-electron chi connectivity index (χ1n) is 8.54. The van der Waals surface area contributed by atoms with E-state index in [9.17, 15) is 13.2 Å². The Labute approximate surface area is 152 Å². The molecule has 0 aliphatic rings. The maximum absolute atomic E-state index is 13.2. The highest BCUT2D eigenvalue weighted by molar-refractivity contribution is 7.90. The number of nitrogens with zero attached hydrogens (tertiary/aromatic N) is 5. The average molecular weight is 377 g/mol. The molecule has 0 saturated heterocycles. The SMILES string of the molecule is CCCCn1nc2c(c(C)cc(=O)n2S(=O)(=O)c2cnn(C)c2C)c1C. The summed E-state index contributed by atoms with van der Waals surface area (Å²) in [5, 5.41) is 9.17. The van der Waals surface area contributed by atoms with Crippen LogP contribution in [0.3, 0.4) is 0 Å². The Morgan fingerprint density at radius 3 is 2.42 bits per heavy atom. The summed E-state index contributed by atoms with van der Waals surface area (Å²) in [7, 11) is -2.44. The van der Waals surface area contributed by atoms with Crippen LogP contribution in [-0.2, 0) is 23.6 Å². The lowest BCUT2D eigenvalue weighted by Gasteiger charge is -2.09. The van der Waals surface area contributed by atoms with Gasteiger partial charge in [-0.2, -0.15) is 14.2 Å². The Kier molecular flexibility index (Phi) is 4.51. The summed E-state index contributed by atoms with van der Waals surface area (Å²) in [5.41, 5.74) is 1.61. The van der Waals surface area contributed by atoms with E-state index in [1.54, 1.807) is 25.6 Å². The molecule has 0 unspecified atom stereocenters. The minimum absolute atomic E-state index is 0.00742. The molecule has 0 saturated carbocycles. The highest BCUT2D eigenvalue weighted by Gasteiger charge is 2.28. The van der Waals surface area contributed by atoms with Crippen molar-refractivity contribution >= 4 is 21.1 Å². The van der Waals surface area contributed by atoms with E-state index in [0.717, 1.165) is 28.1 Å². The van der Waals surface area contributed by atoms with E-state index in [1.807, 2.05) is 6.92 Å². The molecule has 8 nitrogen and oxygen atoms in total. The second-order valence-corrected chi connectivity index (χ2v) is 8.27. The number of hydrogen-bond donors (Lipinski definition) is 0. The molecule has 0 aliphatic carbocycles. The van der Waals surface area contributed by atoms with Gasteiger partial charge in [-0.3, -0.25) is 14.2 Å². The van der Waals surface area contributed by atoms with Crippen LogP contribution in [0.15, 0.2) is 22.0 Å². The van der Waals surface area contributed by atoms with Crippen molar-refractivity contribution in [2.45, 2.75) is 52.0 Å². The second-order valence-electron chi connectivity index (χ2n) is 6.51. The number of rotatable bonds is 5. The van der Waals surface area contributed by atoms with Gasteiger partial charge in [0, 0.05) is 30.7 Å². The topological polar surface area (TPSA) is 91.8 Å². The minimum atomic E-state index is -4.10. The Balaban J connectivity index is 2.36. The second kappa shape index (κ2) is 6.39. The summed E-state index contributed by atoms with van der Waals surface area (Å²) < 4.78 is 30.5. The molecule has 3 heterocycles. The van der Waals surface area contributed by atoms with Crippen molar-refractivity contribution in [3.05, 3.63) is 39.6 Å². The lowest BCUT2D eigenvalue weighted by Crippen LogP contribution is -2.28. The fraction of sp³-hybridized carbons (Fsp3) is 0.471. The first kappa shape index (κ1) is 18.4. The zero-order chi connectivity index (χ0) is 19.2. The average Bonchev–Trinajstić information content (AvgIpc) is 3.06. The number of hydrogen-bond acceptors (Lipinski definition) is 5. The van der Waals surface area contributed by atoms with Crippen molar-refractivity contribution in [3.63, 3.8) is 0 Å². The Hall–Kier alpha value is -2.42. The van der Waals surface area contributed by atoms with Crippen molar-refractivity contribution in [1.29, 1.82) is 0 Å². The van der Waals surface area contributed by atoms with Crippen LogP contribution in [0.5, 0.6) is 0 Å². The molecular formula is C17H23N5O3S. The first-order chi connectivity index (χ1) is 12.2. The van der Waals surface area contributed by atoms with Gasteiger partial charge < -0.3 is 0 Å². The van der Waals surface area contributed by atoms with Gasteiger partial charge in [0.15, 0.2) is 5.65 Å². The summed E-state index contributed by atoms with van der Waals surface area (Å²) in [6.45, 7) is 8.11. The van der Waals surface area contributed by atoms with Crippen LogP contribution in [0.4, 0.5) is 0 Å². The third-order valence-electron chi connectivity index (χ3n) is 4.75. The zero-order valence-corrected chi connectivity index (χ0v) is 16.5. The Morgan fingerprint density at radius 1 is 1.15 bits per heavy atom. The summed E-state index contributed by atoms with van der Waals surface area (Å²) in [6, 6.07) is 1.35. The lowest BCUT2D eigenvalue weighted by molar-refractivity contribution is 0.560. The Bertz CT molecular complexity index is 1150. The van der Waals surface area contributed by atoms with E-state index >= 15 is 0 Å². The van der Waals surface area contributed by atoms with Gasteiger partial charge in [0.1, 0.15) is 4.90 Å². The van der Waals surface area contributed by atoms with Crippen molar-refractivity contribution in [3.8, 4) is 0 Å². The van der Waals surface area contributed by atoms with Crippen molar-refractivity contribution in [2.75, 3.05) is 0 Å². The minimum Gasteiger partial charge on any atom is -0.272 e. The molecule has 0 atom stereocenters. The van der Waals surface area contributed by atoms with Crippen LogP contribution in [0, 0.1) is 20.8 Å². The third kappa shape index (κ3) is 2.66. The van der Waals surface area contributed by atoms with Gasteiger partial charge in [-0.1, -0.05) is 13.3 Å². The van der Waals surface area contributed by atoms with Crippen LogP contribution >= 0.6 is 0 Å². The van der Waals surface area contributed by atoms with E-state index in [0.29, 0.717) is 17.6 Å². The normalized spacial score (nSPS) is 12.2. The molecule has 140 valence electrons. The van der Waals surface area contributed by atoms with Gasteiger partial charge in [-0.05, 0) is 32.8 Å². The maximum atomic E-state index is 13.2. The van der Waals surface area contributed by atoms with E-state index in [1.165, 1.54) is 16.9 Å². The number of aromatic nitrogens is 5. The molecule has 0 radical (unpaired) electrons.